The molecule has 0 unspecified atom stereocenters. The number of nitrogens with zero attached hydrogens (tertiary/aromatic N) is 1. The average molecular weight is 365 g/mol. The van der Waals surface area contributed by atoms with Crippen molar-refractivity contribution < 1.29 is 9.53 Å². The molecule has 142 valence electrons. The van der Waals surface area contributed by atoms with Gasteiger partial charge in [-0.25, -0.2) is 4.98 Å². The number of ether oxygens (including phenoxy) is 1. The van der Waals surface area contributed by atoms with Gasteiger partial charge in [-0.15, -0.1) is 0 Å². The van der Waals surface area contributed by atoms with Crippen LogP contribution < -0.4 is 15.4 Å². The summed E-state index contributed by atoms with van der Waals surface area (Å²) >= 11 is 0. The molecule has 0 spiro atoms. The zero-order valence-electron chi connectivity index (χ0n) is 15.8. The fraction of sp³-hybridized carbons (Fsp3) is 0.455. The van der Waals surface area contributed by atoms with Gasteiger partial charge in [-0.2, -0.15) is 0 Å². The van der Waals surface area contributed by atoms with Gasteiger partial charge in [0.1, 0.15) is 11.4 Å². The molecule has 2 N–H and O–H groups in total. The van der Waals surface area contributed by atoms with Crippen molar-refractivity contribution in [2.45, 2.75) is 44.2 Å². The Labute approximate surface area is 160 Å². The molecule has 1 aliphatic heterocycles. The van der Waals surface area contributed by atoms with Crippen molar-refractivity contribution in [1.29, 1.82) is 0 Å². The highest BCUT2D eigenvalue weighted by Crippen LogP contribution is 2.32. The summed E-state index contributed by atoms with van der Waals surface area (Å²) in [6, 6.07) is 14.3. The first-order valence-corrected chi connectivity index (χ1v) is 9.88. The highest BCUT2D eigenvalue weighted by Gasteiger charge is 2.34. The summed E-state index contributed by atoms with van der Waals surface area (Å²) < 4.78 is 5.19. The summed E-state index contributed by atoms with van der Waals surface area (Å²) in [4.78, 5) is 17.1. The van der Waals surface area contributed by atoms with Crippen LogP contribution in [-0.2, 0) is 0 Å². The predicted molar refractivity (Wildman–Crippen MR) is 106 cm³/mol. The molecule has 27 heavy (non-hydrogen) atoms. The van der Waals surface area contributed by atoms with Crippen LogP contribution in [0.2, 0.25) is 0 Å². The van der Waals surface area contributed by atoms with Gasteiger partial charge in [-0.3, -0.25) is 4.79 Å². The number of fused-ring (bicyclic) bond motifs is 1. The van der Waals surface area contributed by atoms with Gasteiger partial charge in [-0.05, 0) is 61.6 Å². The minimum absolute atomic E-state index is 0.109. The zero-order chi connectivity index (χ0) is 18.6. The largest absolute Gasteiger partial charge is 0.497 e. The molecule has 1 saturated carbocycles. The van der Waals surface area contributed by atoms with E-state index in [0.29, 0.717) is 24.3 Å². The van der Waals surface area contributed by atoms with Crippen LogP contribution in [0.1, 0.15) is 42.6 Å². The van der Waals surface area contributed by atoms with Crippen molar-refractivity contribution in [3.8, 4) is 17.0 Å². The van der Waals surface area contributed by atoms with Gasteiger partial charge >= 0.3 is 0 Å². The number of aromatic nitrogens is 1. The first-order valence-electron chi connectivity index (χ1n) is 9.88. The van der Waals surface area contributed by atoms with Crippen molar-refractivity contribution in [1.82, 2.24) is 15.6 Å². The van der Waals surface area contributed by atoms with Gasteiger partial charge in [0, 0.05) is 24.2 Å². The molecule has 2 aliphatic rings. The van der Waals surface area contributed by atoms with Crippen molar-refractivity contribution in [3.63, 3.8) is 0 Å². The maximum Gasteiger partial charge on any atom is 0.269 e. The van der Waals surface area contributed by atoms with Crippen LogP contribution in [0, 0.1) is 5.92 Å². The molecule has 5 nitrogen and oxygen atoms in total. The fourth-order valence-electron chi connectivity index (χ4n) is 4.38. The van der Waals surface area contributed by atoms with E-state index >= 15 is 0 Å². The molecular formula is C22H27N3O2. The lowest BCUT2D eigenvalue weighted by Gasteiger charge is -2.24. The maximum atomic E-state index is 12.6. The Bertz CT molecular complexity index is 776. The van der Waals surface area contributed by atoms with Crippen LogP contribution in [0.25, 0.3) is 11.3 Å². The second kappa shape index (κ2) is 8.09. The number of hydrogen-bond acceptors (Lipinski definition) is 4. The van der Waals surface area contributed by atoms with Crippen molar-refractivity contribution in [2.24, 2.45) is 5.92 Å². The van der Waals surface area contributed by atoms with Crippen molar-refractivity contribution in [3.05, 3.63) is 48.2 Å². The fourth-order valence-corrected chi connectivity index (χ4v) is 4.38. The summed E-state index contributed by atoms with van der Waals surface area (Å²) in [6.07, 6.45) is 6.46. The first kappa shape index (κ1) is 18.0. The van der Waals surface area contributed by atoms with Gasteiger partial charge < -0.3 is 15.4 Å². The predicted octanol–water partition coefficient (Wildman–Crippen LogP) is 3.41. The number of amides is 1. The topological polar surface area (TPSA) is 63.2 Å². The van der Waals surface area contributed by atoms with Gasteiger partial charge in [0.2, 0.25) is 0 Å². The minimum Gasteiger partial charge on any atom is -0.497 e. The van der Waals surface area contributed by atoms with Gasteiger partial charge in [-0.1, -0.05) is 18.9 Å². The van der Waals surface area contributed by atoms with Crippen LogP contribution in [0.5, 0.6) is 5.75 Å². The smallest absolute Gasteiger partial charge is 0.269 e. The monoisotopic (exact) mass is 365 g/mol. The van der Waals surface area contributed by atoms with Crippen LogP contribution in [0.4, 0.5) is 0 Å². The summed E-state index contributed by atoms with van der Waals surface area (Å²) in [5.41, 5.74) is 2.21. The molecular weight excluding hydrogens is 338 g/mol. The number of nitrogens with one attached hydrogen (secondary N) is 2. The van der Waals surface area contributed by atoms with E-state index in [1.165, 1.54) is 32.1 Å². The minimum atomic E-state index is -0.109. The molecule has 2 aromatic rings. The molecule has 1 aromatic carbocycles. The molecule has 2 heterocycles. The Morgan fingerprint density at radius 3 is 2.78 bits per heavy atom. The number of pyridine rings is 1. The quantitative estimate of drug-likeness (QED) is 0.852. The van der Waals surface area contributed by atoms with E-state index in [0.717, 1.165) is 22.9 Å². The summed E-state index contributed by atoms with van der Waals surface area (Å²) in [5.74, 6) is 1.48. The van der Waals surface area contributed by atoms with Crippen LogP contribution in [0.15, 0.2) is 42.5 Å². The van der Waals surface area contributed by atoms with E-state index in [1.807, 2.05) is 36.4 Å². The lowest BCUT2D eigenvalue weighted by molar-refractivity contribution is 0.0945. The third-order valence-electron chi connectivity index (χ3n) is 5.82. The van der Waals surface area contributed by atoms with E-state index in [-0.39, 0.29) is 5.91 Å². The second-order valence-corrected chi connectivity index (χ2v) is 7.60. The normalized spacial score (nSPS) is 24.3. The third kappa shape index (κ3) is 4.14. The highest BCUT2D eigenvalue weighted by molar-refractivity contribution is 5.92. The average Bonchev–Trinajstić information content (AvgIpc) is 3.15. The lowest BCUT2D eigenvalue weighted by atomic mass is 9.85. The van der Waals surface area contributed by atoms with Crippen molar-refractivity contribution in [2.75, 3.05) is 13.7 Å². The Morgan fingerprint density at radius 2 is 2.00 bits per heavy atom. The van der Waals surface area contributed by atoms with Gasteiger partial charge in [0.25, 0.3) is 5.91 Å². The Hall–Kier alpha value is -2.40. The molecule has 4 rings (SSSR count). The van der Waals surface area contributed by atoms with E-state index in [9.17, 15) is 4.79 Å². The SMILES string of the molecule is COc1ccc(-c2cccc(C(=O)NC[C@@H]3C[C@@H]4CCCC[C@@H]4N3)n2)cc1. The number of methoxy groups -OCH3 is 1. The molecule has 2 fully saturated rings. The zero-order valence-corrected chi connectivity index (χ0v) is 15.8. The Balaban J connectivity index is 1.37. The Morgan fingerprint density at radius 1 is 1.19 bits per heavy atom. The molecule has 5 heteroatoms. The van der Waals surface area contributed by atoms with Crippen LogP contribution in [-0.4, -0.2) is 36.6 Å². The molecule has 1 aromatic heterocycles. The number of rotatable bonds is 5. The van der Waals surface area contributed by atoms with Gasteiger partial charge in [0.05, 0.1) is 12.8 Å². The lowest BCUT2D eigenvalue weighted by Crippen LogP contribution is -2.40. The molecule has 1 amide bonds. The van der Waals surface area contributed by atoms with Crippen molar-refractivity contribution >= 4 is 5.91 Å². The number of benzene rings is 1. The molecule has 0 radical (unpaired) electrons. The number of hydrogen-bond donors (Lipinski definition) is 2. The van der Waals surface area contributed by atoms with Gasteiger partial charge in [0.15, 0.2) is 0 Å². The van der Waals surface area contributed by atoms with E-state index in [2.05, 4.69) is 15.6 Å². The number of carbonyl (C=O) groups excluding carboxylic acids is 1. The van der Waals surface area contributed by atoms with E-state index in [4.69, 9.17) is 4.74 Å². The summed E-state index contributed by atoms with van der Waals surface area (Å²) in [5, 5.41) is 6.76. The van der Waals surface area contributed by atoms with Crippen LogP contribution in [0.3, 0.4) is 0 Å². The van der Waals surface area contributed by atoms with Crippen LogP contribution >= 0.6 is 0 Å². The molecule has 3 atom stereocenters. The number of carbonyl (C=O) groups is 1. The Kier molecular flexibility index (Phi) is 5.39. The third-order valence-corrected chi connectivity index (χ3v) is 5.82. The first-order chi connectivity index (χ1) is 13.2. The standard InChI is InChI=1S/C22H27N3O2/c1-27-18-11-9-15(10-12-18)19-7-4-8-21(25-19)22(26)23-14-17-13-16-5-2-3-6-20(16)24-17/h4,7-12,16-17,20,24H,2-3,5-6,13-14H2,1H3,(H,23,26)/t16-,17-,20-/m0/s1. The highest BCUT2D eigenvalue weighted by atomic mass is 16.5. The molecule has 0 bridgehead atoms. The summed E-state index contributed by atoms with van der Waals surface area (Å²) in [7, 11) is 1.65. The molecule has 1 saturated heterocycles. The second-order valence-electron chi connectivity index (χ2n) is 7.60. The molecule has 1 aliphatic carbocycles. The van der Waals surface area contributed by atoms with E-state index in [1.54, 1.807) is 13.2 Å². The summed E-state index contributed by atoms with van der Waals surface area (Å²) in [6.45, 7) is 0.667. The van der Waals surface area contributed by atoms with E-state index < -0.39 is 0 Å². The maximum absolute atomic E-state index is 12.6.